The lowest BCUT2D eigenvalue weighted by Gasteiger charge is -2.35. The van der Waals surface area contributed by atoms with Gasteiger partial charge in [-0.1, -0.05) is 19.1 Å². The Balaban J connectivity index is 1.36. The molecule has 9 nitrogen and oxygen atoms in total. The first kappa shape index (κ1) is 26.5. The number of hydrogen-bond acceptors (Lipinski definition) is 8. The second-order valence-corrected chi connectivity index (χ2v) is 10.0. The van der Waals surface area contributed by atoms with Crippen molar-refractivity contribution >= 4 is 23.6 Å². The highest BCUT2D eigenvalue weighted by Gasteiger charge is 2.31. The first-order chi connectivity index (χ1) is 19.1. The van der Waals surface area contributed by atoms with Crippen molar-refractivity contribution in [2.45, 2.75) is 64.1 Å². The van der Waals surface area contributed by atoms with Gasteiger partial charge in [0.2, 0.25) is 5.76 Å². The maximum atomic E-state index is 12.2. The molecule has 2 heterocycles. The van der Waals surface area contributed by atoms with E-state index in [0.717, 1.165) is 48.1 Å². The number of anilines is 1. The summed E-state index contributed by atoms with van der Waals surface area (Å²) in [5.41, 5.74) is 3.53. The molecule has 1 aromatic heterocycles. The van der Waals surface area contributed by atoms with E-state index >= 15 is 0 Å². The summed E-state index contributed by atoms with van der Waals surface area (Å²) in [5.74, 6) is 1.38. The second kappa shape index (κ2) is 12.1. The van der Waals surface area contributed by atoms with Gasteiger partial charge in [0.1, 0.15) is 12.3 Å². The van der Waals surface area contributed by atoms with Crippen LogP contribution in [0.2, 0.25) is 0 Å². The van der Waals surface area contributed by atoms with Gasteiger partial charge in [0.15, 0.2) is 17.9 Å². The molecule has 1 unspecified atom stereocenters. The van der Waals surface area contributed by atoms with Crippen molar-refractivity contribution in [1.82, 2.24) is 9.99 Å². The molecule has 0 spiro atoms. The van der Waals surface area contributed by atoms with Crippen molar-refractivity contribution in [3.05, 3.63) is 71.9 Å². The van der Waals surface area contributed by atoms with Crippen LogP contribution in [0.4, 0.5) is 5.69 Å². The number of ether oxygens (including phenoxy) is 2. The van der Waals surface area contributed by atoms with E-state index in [1.165, 1.54) is 25.4 Å². The minimum absolute atomic E-state index is 0.142. The highest BCUT2D eigenvalue weighted by Crippen LogP contribution is 2.35. The third-order valence-electron chi connectivity index (χ3n) is 7.45. The van der Waals surface area contributed by atoms with Gasteiger partial charge in [-0.2, -0.15) is 5.10 Å². The molecule has 2 aromatic carbocycles. The highest BCUT2D eigenvalue weighted by atomic mass is 16.5. The van der Waals surface area contributed by atoms with E-state index in [9.17, 15) is 9.59 Å². The van der Waals surface area contributed by atoms with Crippen LogP contribution in [0.15, 0.2) is 64.6 Å². The molecule has 204 valence electrons. The normalized spacial score (nSPS) is 19.4. The first-order valence-electron chi connectivity index (χ1n) is 13.5. The molecule has 0 radical (unpaired) electrons. The van der Waals surface area contributed by atoms with Crippen LogP contribution in [0.3, 0.4) is 0 Å². The number of aldehydes is 1. The lowest BCUT2D eigenvalue weighted by molar-refractivity contribution is -0.113. The summed E-state index contributed by atoms with van der Waals surface area (Å²) in [6.45, 7) is 2.59. The van der Waals surface area contributed by atoms with Gasteiger partial charge in [-0.3, -0.25) is 9.80 Å². The standard InChI is InChI=1S/C30H34N4O5/c1-3-21-14-24(18-35)34(17-20-8-11-23(12-9-20)32-30(36)28-16-31-19-38-28)33-29(21)22-10-13-26(37-2)27(15-22)39-25-6-4-5-7-25/h8-13,15-16,18-19,21,24-25H,3-7,14,17H2,1-2H3,(H,32,36)/t21-,24?/m1/s1. The number of aromatic nitrogens is 1. The highest BCUT2D eigenvalue weighted by molar-refractivity contribution is 6.03. The average molecular weight is 531 g/mol. The zero-order chi connectivity index (χ0) is 27.2. The van der Waals surface area contributed by atoms with Crippen LogP contribution >= 0.6 is 0 Å². The lowest BCUT2D eigenvalue weighted by Crippen LogP contribution is -2.41. The minimum Gasteiger partial charge on any atom is -0.493 e. The molecular formula is C30H34N4O5. The topological polar surface area (TPSA) is 106 Å². The molecular weight excluding hydrogens is 496 g/mol. The number of benzene rings is 2. The van der Waals surface area contributed by atoms with Crippen molar-refractivity contribution in [1.29, 1.82) is 0 Å². The summed E-state index contributed by atoms with van der Waals surface area (Å²) in [6.07, 6.45) is 9.84. The summed E-state index contributed by atoms with van der Waals surface area (Å²) in [7, 11) is 1.66. The number of nitrogens with one attached hydrogen (secondary N) is 1. The molecule has 1 amide bonds. The van der Waals surface area contributed by atoms with E-state index in [4.69, 9.17) is 19.0 Å². The molecule has 2 aliphatic rings. The summed E-state index contributed by atoms with van der Waals surface area (Å²) in [6, 6.07) is 13.1. The number of oxazole rings is 1. The van der Waals surface area contributed by atoms with E-state index in [1.807, 2.05) is 47.5 Å². The zero-order valence-corrected chi connectivity index (χ0v) is 22.3. The molecule has 0 saturated heterocycles. The minimum atomic E-state index is -0.368. The lowest BCUT2D eigenvalue weighted by atomic mass is 9.87. The molecule has 1 aliphatic heterocycles. The molecule has 39 heavy (non-hydrogen) atoms. The largest absolute Gasteiger partial charge is 0.493 e. The van der Waals surface area contributed by atoms with Gasteiger partial charge >= 0.3 is 0 Å². The smallest absolute Gasteiger partial charge is 0.293 e. The number of hydrogen-bond donors (Lipinski definition) is 1. The van der Waals surface area contributed by atoms with Crippen LogP contribution in [0, 0.1) is 5.92 Å². The molecule has 0 bridgehead atoms. The van der Waals surface area contributed by atoms with Crippen LogP contribution in [-0.4, -0.2) is 47.2 Å². The number of rotatable bonds is 10. The molecule has 5 rings (SSSR count). The van der Waals surface area contributed by atoms with Crippen LogP contribution in [0.1, 0.15) is 67.1 Å². The molecule has 1 fully saturated rings. The Labute approximate surface area is 228 Å². The van der Waals surface area contributed by atoms with Crippen LogP contribution in [0.5, 0.6) is 11.5 Å². The fourth-order valence-electron chi connectivity index (χ4n) is 5.27. The number of amides is 1. The Hall–Kier alpha value is -4.14. The van der Waals surface area contributed by atoms with E-state index in [1.54, 1.807) is 7.11 Å². The monoisotopic (exact) mass is 530 g/mol. The molecule has 1 aliphatic carbocycles. The number of nitrogens with zero attached hydrogens (tertiary/aromatic N) is 3. The Bertz CT molecular complexity index is 1300. The van der Waals surface area contributed by atoms with Crippen LogP contribution in [-0.2, 0) is 11.3 Å². The number of carbonyl (C=O) groups is 2. The Kier molecular flexibility index (Phi) is 8.24. The van der Waals surface area contributed by atoms with Crippen LogP contribution in [0.25, 0.3) is 0 Å². The zero-order valence-electron chi connectivity index (χ0n) is 22.3. The fraction of sp³-hybridized carbons (Fsp3) is 0.400. The van der Waals surface area contributed by atoms with E-state index < -0.39 is 0 Å². The van der Waals surface area contributed by atoms with Crippen molar-refractivity contribution < 1.29 is 23.5 Å². The van der Waals surface area contributed by atoms with E-state index in [0.29, 0.717) is 24.4 Å². The second-order valence-electron chi connectivity index (χ2n) is 10.0. The van der Waals surface area contributed by atoms with Crippen molar-refractivity contribution in [3.8, 4) is 11.5 Å². The summed E-state index contributed by atoms with van der Waals surface area (Å²) < 4.78 is 17.0. The maximum absolute atomic E-state index is 12.2. The van der Waals surface area contributed by atoms with Crippen molar-refractivity contribution in [3.63, 3.8) is 0 Å². The predicted molar refractivity (Wildman–Crippen MR) is 147 cm³/mol. The summed E-state index contributed by atoms with van der Waals surface area (Å²) in [5, 5.41) is 9.66. The molecule has 1 N–H and O–H groups in total. The van der Waals surface area contributed by atoms with Gasteiger partial charge in [-0.15, -0.1) is 0 Å². The molecule has 2 atom stereocenters. The first-order valence-corrected chi connectivity index (χ1v) is 13.5. The number of methoxy groups -OCH3 is 1. The average Bonchev–Trinajstić information content (AvgIpc) is 3.69. The number of carbonyl (C=O) groups excluding carboxylic acids is 2. The summed E-state index contributed by atoms with van der Waals surface area (Å²) in [4.78, 5) is 28.1. The van der Waals surface area contributed by atoms with E-state index in [2.05, 4.69) is 17.2 Å². The van der Waals surface area contributed by atoms with Crippen molar-refractivity contribution in [2.75, 3.05) is 12.4 Å². The predicted octanol–water partition coefficient (Wildman–Crippen LogP) is 5.46. The maximum Gasteiger partial charge on any atom is 0.293 e. The Morgan fingerprint density at radius 1 is 1.15 bits per heavy atom. The molecule has 9 heteroatoms. The Morgan fingerprint density at radius 3 is 2.62 bits per heavy atom. The van der Waals surface area contributed by atoms with Crippen molar-refractivity contribution in [2.24, 2.45) is 11.0 Å². The SMILES string of the molecule is CC[C@@H]1CC(C=O)N(Cc2ccc(NC(=O)c3cnco3)cc2)N=C1c1ccc(OC)c(OC2CCCC2)c1. The van der Waals surface area contributed by atoms with Gasteiger partial charge in [0, 0.05) is 17.2 Å². The van der Waals surface area contributed by atoms with E-state index in [-0.39, 0.29) is 29.7 Å². The van der Waals surface area contributed by atoms with Crippen LogP contribution < -0.4 is 14.8 Å². The van der Waals surface area contributed by atoms with Gasteiger partial charge in [-0.05, 0) is 74.4 Å². The van der Waals surface area contributed by atoms with Gasteiger partial charge in [0.25, 0.3) is 5.91 Å². The third kappa shape index (κ3) is 6.13. The van der Waals surface area contributed by atoms with Gasteiger partial charge < -0.3 is 24.0 Å². The number of hydrazone groups is 1. The quantitative estimate of drug-likeness (QED) is 0.347. The molecule has 3 aromatic rings. The fourth-order valence-corrected chi connectivity index (χ4v) is 5.27. The van der Waals surface area contributed by atoms with Gasteiger partial charge in [0.05, 0.1) is 31.7 Å². The van der Waals surface area contributed by atoms with Gasteiger partial charge in [-0.25, -0.2) is 4.98 Å². The third-order valence-corrected chi connectivity index (χ3v) is 7.45. The Morgan fingerprint density at radius 2 is 1.95 bits per heavy atom. The summed E-state index contributed by atoms with van der Waals surface area (Å²) >= 11 is 0. The molecule has 1 saturated carbocycles.